The van der Waals surface area contributed by atoms with Crippen molar-refractivity contribution in [3.63, 3.8) is 0 Å². The van der Waals surface area contributed by atoms with E-state index >= 15 is 0 Å². The molecule has 2 N–H and O–H groups in total. The topological polar surface area (TPSA) is 71.9 Å². The summed E-state index contributed by atoms with van der Waals surface area (Å²) >= 11 is 0. The number of hydrogen-bond donors (Lipinski definition) is 1. The molecule has 0 spiro atoms. The quantitative estimate of drug-likeness (QED) is 0.810. The minimum absolute atomic E-state index is 0.00686. The normalized spacial score (nSPS) is 19.2. The second-order valence-corrected chi connectivity index (χ2v) is 7.02. The Kier molecular flexibility index (Phi) is 4.63. The monoisotopic (exact) mass is 361 g/mol. The van der Waals surface area contributed by atoms with Gasteiger partial charge in [-0.25, -0.2) is 18.2 Å². The summed E-state index contributed by atoms with van der Waals surface area (Å²) < 4.78 is 46.1. The maximum Gasteiger partial charge on any atom is 0.194 e. The van der Waals surface area contributed by atoms with Gasteiger partial charge in [-0.2, -0.15) is 5.26 Å². The Morgan fingerprint density at radius 2 is 1.88 bits per heavy atom. The van der Waals surface area contributed by atoms with Crippen LogP contribution in [0.5, 0.6) is 0 Å². The third-order valence-corrected chi connectivity index (χ3v) is 4.61. The van der Waals surface area contributed by atoms with Crippen molar-refractivity contribution in [2.24, 2.45) is 0 Å². The second kappa shape index (κ2) is 6.61. The summed E-state index contributed by atoms with van der Waals surface area (Å²) in [5.74, 6) is -4.18. The molecule has 1 aromatic heterocycles. The standard InChI is InChI=1S/C19H18F3N3O/c1-19(2)8-10(3-4-26-19)12-7-16(25-18(24)13(12)9-23)11-5-14(20)17(22)15(21)6-11/h5-7,10H,3-4,8H2,1-2H3,(H2,24,25). The molecule has 2 heterocycles. The minimum atomic E-state index is -1.54. The zero-order chi connectivity index (χ0) is 19.1. The Balaban J connectivity index is 2.13. The van der Waals surface area contributed by atoms with Crippen LogP contribution in [0.25, 0.3) is 11.3 Å². The Morgan fingerprint density at radius 1 is 1.23 bits per heavy atom. The van der Waals surface area contributed by atoms with Crippen LogP contribution < -0.4 is 5.73 Å². The summed E-state index contributed by atoms with van der Waals surface area (Å²) in [5, 5.41) is 9.48. The van der Waals surface area contributed by atoms with Gasteiger partial charge in [-0.15, -0.1) is 0 Å². The highest BCUT2D eigenvalue weighted by Gasteiger charge is 2.32. The fourth-order valence-electron chi connectivity index (χ4n) is 3.38. The van der Waals surface area contributed by atoms with Crippen LogP contribution in [0.15, 0.2) is 18.2 Å². The van der Waals surface area contributed by atoms with Gasteiger partial charge in [0.05, 0.1) is 16.9 Å². The Hall–Kier alpha value is -2.59. The molecule has 1 aromatic carbocycles. The number of nitrogens with zero attached hydrogens (tertiary/aromatic N) is 2. The van der Waals surface area contributed by atoms with Crippen molar-refractivity contribution in [3.05, 3.63) is 46.8 Å². The maximum absolute atomic E-state index is 13.6. The number of nitriles is 1. The predicted octanol–water partition coefficient (Wildman–Crippen LogP) is 4.29. The van der Waals surface area contributed by atoms with E-state index in [1.54, 1.807) is 6.07 Å². The first kappa shape index (κ1) is 18.2. The van der Waals surface area contributed by atoms with E-state index in [1.807, 2.05) is 13.8 Å². The molecular formula is C19H18F3N3O. The van der Waals surface area contributed by atoms with E-state index < -0.39 is 17.5 Å². The highest BCUT2D eigenvalue weighted by molar-refractivity contribution is 5.67. The fourth-order valence-corrected chi connectivity index (χ4v) is 3.38. The zero-order valence-electron chi connectivity index (χ0n) is 14.4. The van der Waals surface area contributed by atoms with Crippen molar-refractivity contribution >= 4 is 5.82 Å². The van der Waals surface area contributed by atoms with Gasteiger partial charge in [-0.1, -0.05) is 0 Å². The van der Waals surface area contributed by atoms with Gasteiger partial charge >= 0.3 is 0 Å². The minimum Gasteiger partial charge on any atom is -0.383 e. The average molecular weight is 361 g/mol. The number of rotatable bonds is 2. The Labute approximate surface area is 149 Å². The lowest BCUT2D eigenvalue weighted by atomic mass is 9.81. The predicted molar refractivity (Wildman–Crippen MR) is 90.7 cm³/mol. The van der Waals surface area contributed by atoms with Gasteiger partial charge in [-0.3, -0.25) is 0 Å². The molecule has 1 aliphatic heterocycles. The van der Waals surface area contributed by atoms with Gasteiger partial charge in [0.1, 0.15) is 11.9 Å². The summed E-state index contributed by atoms with van der Waals surface area (Å²) in [6.45, 7) is 4.45. The molecule has 1 saturated heterocycles. The van der Waals surface area contributed by atoms with E-state index in [4.69, 9.17) is 10.5 Å². The lowest BCUT2D eigenvalue weighted by Crippen LogP contribution is -2.33. The highest BCUT2D eigenvalue weighted by atomic mass is 19.2. The van der Waals surface area contributed by atoms with Gasteiger partial charge in [0.25, 0.3) is 0 Å². The van der Waals surface area contributed by atoms with E-state index in [1.165, 1.54) is 0 Å². The van der Waals surface area contributed by atoms with Gasteiger partial charge in [-0.05, 0) is 56.4 Å². The van der Waals surface area contributed by atoms with Crippen molar-refractivity contribution in [2.45, 2.75) is 38.2 Å². The number of halogens is 3. The van der Waals surface area contributed by atoms with E-state index in [9.17, 15) is 18.4 Å². The van der Waals surface area contributed by atoms with Gasteiger partial charge in [0.2, 0.25) is 0 Å². The van der Waals surface area contributed by atoms with Crippen LogP contribution in [0, 0.1) is 28.8 Å². The van der Waals surface area contributed by atoms with E-state index in [2.05, 4.69) is 11.1 Å². The van der Waals surface area contributed by atoms with Crippen LogP contribution in [-0.4, -0.2) is 17.2 Å². The van der Waals surface area contributed by atoms with E-state index in [0.29, 0.717) is 25.0 Å². The molecule has 1 aliphatic rings. The number of aromatic nitrogens is 1. The summed E-state index contributed by atoms with van der Waals surface area (Å²) in [6.07, 6.45) is 1.35. The van der Waals surface area contributed by atoms with Crippen LogP contribution in [0.4, 0.5) is 19.0 Å². The lowest BCUT2D eigenvalue weighted by molar-refractivity contribution is -0.0593. The molecule has 3 rings (SSSR count). The summed E-state index contributed by atoms with van der Waals surface area (Å²) in [7, 11) is 0. The van der Waals surface area contributed by atoms with Crippen molar-refractivity contribution in [2.75, 3.05) is 12.3 Å². The maximum atomic E-state index is 13.6. The Morgan fingerprint density at radius 3 is 2.46 bits per heavy atom. The molecule has 0 amide bonds. The van der Waals surface area contributed by atoms with Crippen molar-refractivity contribution in [1.29, 1.82) is 5.26 Å². The van der Waals surface area contributed by atoms with E-state index in [-0.39, 0.29) is 34.2 Å². The van der Waals surface area contributed by atoms with Crippen LogP contribution in [0.1, 0.15) is 43.7 Å². The number of pyridine rings is 1. The summed E-state index contributed by atoms with van der Waals surface area (Å²) in [5.41, 5.74) is 6.73. The number of nitrogens with two attached hydrogens (primary N) is 1. The molecular weight excluding hydrogens is 343 g/mol. The number of anilines is 1. The molecule has 26 heavy (non-hydrogen) atoms. The van der Waals surface area contributed by atoms with Gasteiger partial charge in [0.15, 0.2) is 17.5 Å². The average Bonchev–Trinajstić information content (AvgIpc) is 2.57. The van der Waals surface area contributed by atoms with Crippen LogP contribution in [0.3, 0.4) is 0 Å². The van der Waals surface area contributed by atoms with Crippen molar-refractivity contribution < 1.29 is 17.9 Å². The molecule has 136 valence electrons. The molecule has 4 nitrogen and oxygen atoms in total. The molecule has 0 bridgehead atoms. The van der Waals surface area contributed by atoms with Crippen molar-refractivity contribution in [3.8, 4) is 17.3 Å². The van der Waals surface area contributed by atoms with Crippen LogP contribution in [-0.2, 0) is 4.74 Å². The first-order valence-corrected chi connectivity index (χ1v) is 8.21. The van der Waals surface area contributed by atoms with Gasteiger partial charge < -0.3 is 10.5 Å². The fraction of sp³-hybridized carbons (Fsp3) is 0.368. The molecule has 1 fully saturated rings. The molecule has 0 radical (unpaired) electrons. The third kappa shape index (κ3) is 3.37. The van der Waals surface area contributed by atoms with Gasteiger partial charge in [0, 0.05) is 12.2 Å². The smallest absolute Gasteiger partial charge is 0.194 e. The van der Waals surface area contributed by atoms with Crippen LogP contribution >= 0.6 is 0 Å². The molecule has 2 aromatic rings. The molecule has 0 aliphatic carbocycles. The lowest BCUT2D eigenvalue weighted by Gasteiger charge is -2.36. The number of hydrogen-bond acceptors (Lipinski definition) is 4. The molecule has 7 heteroatoms. The molecule has 1 unspecified atom stereocenters. The molecule has 1 atom stereocenters. The largest absolute Gasteiger partial charge is 0.383 e. The highest BCUT2D eigenvalue weighted by Crippen LogP contribution is 2.39. The Bertz CT molecular complexity index is 883. The van der Waals surface area contributed by atoms with Crippen molar-refractivity contribution in [1.82, 2.24) is 4.98 Å². The number of benzene rings is 1. The van der Waals surface area contributed by atoms with E-state index in [0.717, 1.165) is 12.1 Å². The zero-order valence-corrected chi connectivity index (χ0v) is 14.4. The summed E-state index contributed by atoms with van der Waals surface area (Å²) in [6, 6.07) is 5.40. The first-order chi connectivity index (χ1) is 12.2. The number of ether oxygens (including phenoxy) is 1. The van der Waals surface area contributed by atoms with Crippen LogP contribution in [0.2, 0.25) is 0 Å². The summed E-state index contributed by atoms with van der Waals surface area (Å²) in [4.78, 5) is 4.09. The number of nitrogen functional groups attached to an aromatic ring is 1. The third-order valence-electron chi connectivity index (χ3n) is 4.61. The molecule has 0 saturated carbocycles. The second-order valence-electron chi connectivity index (χ2n) is 7.02. The SMILES string of the molecule is CC1(C)CC(c2cc(-c3cc(F)c(F)c(F)c3)nc(N)c2C#N)CCO1. The first-order valence-electron chi connectivity index (χ1n) is 8.21.